The molecule has 0 spiro atoms. The SMILES string of the molecule is CC(C)N1CCC(NC(=O)c2cc([N+](=O)[O-])c[nH]2)CC1. The van der Waals surface area contributed by atoms with Gasteiger partial charge in [-0.1, -0.05) is 0 Å². The molecule has 7 heteroatoms. The second-order valence-electron chi connectivity index (χ2n) is 5.41. The van der Waals surface area contributed by atoms with E-state index in [1.165, 1.54) is 12.3 Å². The molecule has 1 fully saturated rings. The number of aromatic nitrogens is 1. The van der Waals surface area contributed by atoms with Crippen molar-refractivity contribution in [3.8, 4) is 0 Å². The lowest BCUT2D eigenvalue weighted by Gasteiger charge is -2.34. The van der Waals surface area contributed by atoms with Crippen molar-refractivity contribution in [3.05, 3.63) is 28.1 Å². The van der Waals surface area contributed by atoms with Crippen LogP contribution >= 0.6 is 0 Å². The highest BCUT2D eigenvalue weighted by Gasteiger charge is 2.23. The van der Waals surface area contributed by atoms with Gasteiger partial charge in [0, 0.05) is 31.2 Å². The van der Waals surface area contributed by atoms with Crippen molar-refractivity contribution in [1.82, 2.24) is 15.2 Å². The van der Waals surface area contributed by atoms with E-state index in [0.29, 0.717) is 6.04 Å². The fraction of sp³-hybridized carbons (Fsp3) is 0.615. The van der Waals surface area contributed by atoms with Crippen molar-refractivity contribution in [2.45, 2.75) is 38.8 Å². The molecule has 1 aromatic heterocycles. The lowest BCUT2D eigenvalue weighted by Crippen LogP contribution is -2.46. The number of amides is 1. The van der Waals surface area contributed by atoms with Gasteiger partial charge in [-0.2, -0.15) is 0 Å². The van der Waals surface area contributed by atoms with E-state index in [2.05, 4.69) is 29.0 Å². The smallest absolute Gasteiger partial charge is 0.287 e. The predicted molar refractivity (Wildman–Crippen MR) is 74.6 cm³/mol. The van der Waals surface area contributed by atoms with Crippen LogP contribution in [0.4, 0.5) is 5.69 Å². The highest BCUT2D eigenvalue weighted by molar-refractivity contribution is 5.93. The molecule has 2 rings (SSSR count). The van der Waals surface area contributed by atoms with Crippen molar-refractivity contribution in [3.63, 3.8) is 0 Å². The first kappa shape index (κ1) is 14.5. The minimum absolute atomic E-state index is 0.0928. The van der Waals surface area contributed by atoms with Crippen LogP contribution in [0.2, 0.25) is 0 Å². The number of piperidine rings is 1. The number of carbonyl (C=O) groups excluding carboxylic acids is 1. The van der Waals surface area contributed by atoms with Crippen LogP contribution in [0.15, 0.2) is 12.3 Å². The summed E-state index contributed by atoms with van der Waals surface area (Å²) in [4.78, 5) is 27.1. The Morgan fingerprint density at radius 1 is 1.50 bits per heavy atom. The van der Waals surface area contributed by atoms with E-state index in [9.17, 15) is 14.9 Å². The topological polar surface area (TPSA) is 91.3 Å². The first-order chi connectivity index (χ1) is 9.47. The Bertz CT molecular complexity index is 490. The summed E-state index contributed by atoms with van der Waals surface area (Å²) >= 11 is 0. The van der Waals surface area contributed by atoms with Gasteiger partial charge in [0.1, 0.15) is 5.69 Å². The minimum atomic E-state index is -0.519. The van der Waals surface area contributed by atoms with Gasteiger partial charge in [-0.3, -0.25) is 14.9 Å². The van der Waals surface area contributed by atoms with E-state index in [0.717, 1.165) is 25.9 Å². The zero-order valence-corrected chi connectivity index (χ0v) is 11.8. The molecule has 0 atom stereocenters. The normalized spacial score (nSPS) is 17.4. The predicted octanol–water partition coefficient (Wildman–Crippen LogP) is 1.53. The van der Waals surface area contributed by atoms with Gasteiger partial charge in [0.05, 0.1) is 11.1 Å². The summed E-state index contributed by atoms with van der Waals surface area (Å²) in [5.41, 5.74) is 0.146. The van der Waals surface area contributed by atoms with Crippen molar-refractivity contribution >= 4 is 11.6 Å². The fourth-order valence-corrected chi connectivity index (χ4v) is 2.44. The molecular weight excluding hydrogens is 260 g/mol. The van der Waals surface area contributed by atoms with Crippen molar-refractivity contribution in [2.24, 2.45) is 0 Å². The van der Waals surface area contributed by atoms with Gasteiger partial charge < -0.3 is 15.2 Å². The average Bonchev–Trinajstić information content (AvgIpc) is 2.89. The number of nitrogens with zero attached hydrogens (tertiary/aromatic N) is 2. The van der Waals surface area contributed by atoms with Crippen LogP contribution in [-0.2, 0) is 0 Å². The third kappa shape index (κ3) is 3.36. The van der Waals surface area contributed by atoms with Crippen molar-refractivity contribution < 1.29 is 9.72 Å². The highest BCUT2D eigenvalue weighted by Crippen LogP contribution is 2.15. The number of aromatic amines is 1. The van der Waals surface area contributed by atoms with E-state index in [-0.39, 0.29) is 23.3 Å². The summed E-state index contributed by atoms with van der Waals surface area (Å²) in [5.74, 6) is -0.277. The van der Waals surface area contributed by atoms with Gasteiger partial charge in [-0.15, -0.1) is 0 Å². The second kappa shape index (κ2) is 6.04. The number of likely N-dealkylation sites (tertiary alicyclic amines) is 1. The van der Waals surface area contributed by atoms with Crippen LogP contribution in [0.25, 0.3) is 0 Å². The summed E-state index contributed by atoms with van der Waals surface area (Å²) in [6.07, 6.45) is 3.05. The maximum atomic E-state index is 12.0. The second-order valence-corrected chi connectivity index (χ2v) is 5.41. The maximum Gasteiger partial charge on any atom is 0.287 e. The molecule has 2 heterocycles. The molecule has 0 radical (unpaired) electrons. The Morgan fingerprint density at radius 2 is 2.15 bits per heavy atom. The Labute approximate surface area is 117 Å². The van der Waals surface area contributed by atoms with Gasteiger partial charge in [-0.25, -0.2) is 0 Å². The number of nitro groups is 1. The molecule has 7 nitrogen and oxygen atoms in total. The average molecular weight is 280 g/mol. The van der Waals surface area contributed by atoms with E-state index in [4.69, 9.17) is 0 Å². The Kier molecular flexibility index (Phi) is 4.39. The molecule has 1 amide bonds. The molecule has 0 bridgehead atoms. The molecule has 0 aliphatic carbocycles. The van der Waals surface area contributed by atoms with Crippen LogP contribution in [0, 0.1) is 10.1 Å². The van der Waals surface area contributed by atoms with Crippen LogP contribution in [0.5, 0.6) is 0 Å². The number of hydrogen-bond donors (Lipinski definition) is 2. The van der Waals surface area contributed by atoms with Crippen molar-refractivity contribution in [2.75, 3.05) is 13.1 Å². The quantitative estimate of drug-likeness (QED) is 0.646. The number of carbonyl (C=O) groups is 1. The maximum absolute atomic E-state index is 12.0. The first-order valence-electron chi connectivity index (χ1n) is 6.85. The highest BCUT2D eigenvalue weighted by atomic mass is 16.6. The van der Waals surface area contributed by atoms with Crippen LogP contribution in [-0.4, -0.2) is 45.9 Å². The molecule has 0 aromatic carbocycles. The molecule has 110 valence electrons. The lowest BCUT2D eigenvalue weighted by molar-refractivity contribution is -0.384. The van der Waals surface area contributed by atoms with Gasteiger partial charge >= 0.3 is 0 Å². The number of nitrogens with one attached hydrogen (secondary N) is 2. The van der Waals surface area contributed by atoms with Gasteiger partial charge in [0.2, 0.25) is 0 Å². The number of hydrogen-bond acceptors (Lipinski definition) is 4. The Morgan fingerprint density at radius 3 is 2.65 bits per heavy atom. The molecule has 20 heavy (non-hydrogen) atoms. The van der Waals surface area contributed by atoms with Crippen molar-refractivity contribution in [1.29, 1.82) is 0 Å². The number of H-pyrrole nitrogens is 1. The first-order valence-corrected chi connectivity index (χ1v) is 6.85. The summed E-state index contributed by atoms with van der Waals surface area (Å²) in [5, 5.41) is 13.5. The van der Waals surface area contributed by atoms with Gasteiger partial charge in [-0.05, 0) is 26.7 Å². The zero-order chi connectivity index (χ0) is 14.7. The van der Waals surface area contributed by atoms with Gasteiger partial charge in [0.15, 0.2) is 0 Å². The fourth-order valence-electron chi connectivity index (χ4n) is 2.44. The molecule has 0 saturated carbocycles. The Hall–Kier alpha value is -1.89. The zero-order valence-electron chi connectivity index (χ0n) is 11.8. The standard InChI is InChI=1S/C13H20N4O3/c1-9(2)16-5-3-10(4-6-16)15-13(18)12-7-11(8-14-12)17(19)20/h7-10,14H,3-6H2,1-2H3,(H,15,18). The van der Waals surface area contributed by atoms with Crippen LogP contribution in [0.1, 0.15) is 37.2 Å². The largest absolute Gasteiger partial charge is 0.351 e. The summed E-state index contributed by atoms with van der Waals surface area (Å²) < 4.78 is 0. The van der Waals surface area contributed by atoms with E-state index in [1.807, 2.05) is 0 Å². The van der Waals surface area contributed by atoms with Crippen LogP contribution < -0.4 is 5.32 Å². The molecule has 0 unspecified atom stereocenters. The third-order valence-electron chi connectivity index (χ3n) is 3.72. The monoisotopic (exact) mass is 280 g/mol. The van der Waals surface area contributed by atoms with Crippen LogP contribution in [0.3, 0.4) is 0 Å². The Balaban J connectivity index is 1.87. The molecule has 2 N–H and O–H groups in total. The summed E-state index contributed by atoms with van der Waals surface area (Å²) in [6.45, 7) is 6.26. The van der Waals surface area contributed by atoms with E-state index in [1.54, 1.807) is 0 Å². The summed E-state index contributed by atoms with van der Waals surface area (Å²) in [6, 6.07) is 1.93. The van der Waals surface area contributed by atoms with E-state index < -0.39 is 4.92 Å². The molecule has 1 saturated heterocycles. The lowest BCUT2D eigenvalue weighted by atomic mass is 10.0. The van der Waals surface area contributed by atoms with Gasteiger partial charge in [0.25, 0.3) is 11.6 Å². The van der Waals surface area contributed by atoms with E-state index >= 15 is 0 Å². The molecule has 1 aliphatic heterocycles. The number of rotatable bonds is 4. The molecule has 1 aromatic rings. The third-order valence-corrected chi connectivity index (χ3v) is 3.72. The summed E-state index contributed by atoms with van der Waals surface area (Å²) in [7, 11) is 0. The minimum Gasteiger partial charge on any atom is -0.351 e. The molecule has 1 aliphatic rings. The molecular formula is C13H20N4O3.